The summed E-state index contributed by atoms with van der Waals surface area (Å²) in [5.74, 6) is 1.25. The molecule has 0 radical (unpaired) electrons. The molecule has 2 N–H and O–H groups in total. The summed E-state index contributed by atoms with van der Waals surface area (Å²) in [5.41, 5.74) is 2.92. The van der Waals surface area contributed by atoms with E-state index < -0.39 is 0 Å². The van der Waals surface area contributed by atoms with E-state index in [2.05, 4.69) is 53.6 Å². The molecule has 6 heteroatoms. The van der Waals surface area contributed by atoms with Gasteiger partial charge in [0, 0.05) is 19.5 Å². The average molecular weight is 359 g/mol. The summed E-state index contributed by atoms with van der Waals surface area (Å²) in [6.45, 7) is 7.68. The second-order valence-electron chi connectivity index (χ2n) is 7.49. The van der Waals surface area contributed by atoms with Gasteiger partial charge in [0.2, 0.25) is 5.91 Å². The third kappa shape index (κ3) is 3.84. The number of H-pyrrole nitrogens is 1. The number of nitrogens with one attached hydrogen (secondary N) is 2. The van der Waals surface area contributed by atoms with E-state index in [1.54, 1.807) is 0 Å². The maximum absolute atomic E-state index is 12.4. The lowest BCUT2D eigenvalue weighted by Gasteiger charge is -2.37. The fourth-order valence-electron chi connectivity index (χ4n) is 3.77. The van der Waals surface area contributed by atoms with Crippen molar-refractivity contribution in [1.29, 1.82) is 0 Å². The number of hydrogen-bond donors (Lipinski definition) is 2. The number of aryl methyl sites for hydroxylation is 1. The van der Waals surface area contributed by atoms with E-state index >= 15 is 0 Å². The molecule has 0 saturated carbocycles. The maximum Gasteiger partial charge on any atom is 0.220 e. The summed E-state index contributed by atoms with van der Waals surface area (Å²) in [6, 6.07) is 8.57. The molecule has 1 atom stereocenters. The minimum Gasteiger partial charge on any atom is -0.354 e. The van der Waals surface area contributed by atoms with E-state index in [4.69, 9.17) is 12.2 Å². The maximum atomic E-state index is 12.4. The van der Waals surface area contributed by atoms with Crippen LogP contribution in [0, 0.1) is 11.7 Å². The third-order valence-electron chi connectivity index (χ3n) is 5.29. The number of amides is 1. The molecule has 0 aliphatic heterocycles. The smallest absolute Gasteiger partial charge is 0.220 e. The Balaban J connectivity index is 1.59. The predicted octanol–water partition coefficient (Wildman–Crippen LogP) is 3.61. The predicted molar refractivity (Wildman–Crippen MR) is 101 cm³/mol. The summed E-state index contributed by atoms with van der Waals surface area (Å²) in [5, 5.41) is 9.87. The van der Waals surface area contributed by atoms with Crippen LogP contribution in [0.15, 0.2) is 24.3 Å². The van der Waals surface area contributed by atoms with Crippen molar-refractivity contribution in [3.8, 4) is 0 Å². The van der Waals surface area contributed by atoms with Gasteiger partial charge in [-0.3, -0.25) is 9.89 Å². The van der Waals surface area contributed by atoms with E-state index in [-0.39, 0.29) is 11.3 Å². The van der Waals surface area contributed by atoms with Crippen LogP contribution in [0.5, 0.6) is 0 Å². The highest BCUT2D eigenvalue weighted by Crippen LogP contribution is 2.43. The number of benzene rings is 1. The van der Waals surface area contributed by atoms with Crippen molar-refractivity contribution in [3.63, 3.8) is 0 Å². The second-order valence-corrected chi connectivity index (χ2v) is 7.88. The largest absolute Gasteiger partial charge is 0.354 e. The standard InChI is InChI=1S/C19H26N4OS/c1-13-21-22-18(25)23(13)11-10-20-17(24)12-14-8-9-19(2,3)16-7-5-4-6-15(14)16/h4-7,14H,8-12H2,1-3H3,(H,20,24)(H,22,25). The van der Waals surface area contributed by atoms with Crippen molar-refractivity contribution in [2.45, 2.75) is 57.9 Å². The summed E-state index contributed by atoms with van der Waals surface area (Å²) >= 11 is 5.18. The number of fused-ring (bicyclic) bond motifs is 1. The van der Waals surface area contributed by atoms with Crippen LogP contribution in [-0.2, 0) is 16.8 Å². The Hall–Kier alpha value is -1.95. The zero-order valence-corrected chi connectivity index (χ0v) is 15.9. The molecule has 5 nitrogen and oxygen atoms in total. The number of aromatic nitrogens is 3. The van der Waals surface area contributed by atoms with Gasteiger partial charge in [0.05, 0.1) is 0 Å². The van der Waals surface area contributed by atoms with Gasteiger partial charge in [0.25, 0.3) is 0 Å². The van der Waals surface area contributed by atoms with Crippen molar-refractivity contribution in [1.82, 2.24) is 20.1 Å². The first kappa shape index (κ1) is 17.9. The molecule has 1 heterocycles. The van der Waals surface area contributed by atoms with Crippen LogP contribution in [0.4, 0.5) is 0 Å². The Bertz CT molecular complexity index is 821. The van der Waals surface area contributed by atoms with Crippen LogP contribution >= 0.6 is 12.2 Å². The van der Waals surface area contributed by atoms with Gasteiger partial charge in [-0.2, -0.15) is 5.10 Å². The minimum absolute atomic E-state index is 0.104. The molecule has 1 aromatic heterocycles. The first-order valence-electron chi connectivity index (χ1n) is 8.86. The summed E-state index contributed by atoms with van der Waals surface area (Å²) in [7, 11) is 0. The van der Waals surface area contributed by atoms with Crippen molar-refractivity contribution < 1.29 is 4.79 Å². The van der Waals surface area contributed by atoms with Gasteiger partial charge in [-0.15, -0.1) is 0 Å². The summed E-state index contributed by atoms with van der Waals surface area (Å²) in [6.07, 6.45) is 2.72. The topological polar surface area (TPSA) is 62.7 Å². The molecule has 1 amide bonds. The first-order valence-corrected chi connectivity index (χ1v) is 9.27. The Kier molecular flexibility index (Phi) is 5.08. The van der Waals surface area contributed by atoms with Gasteiger partial charge < -0.3 is 9.88 Å². The molecule has 0 saturated heterocycles. The molecule has 3 rings (SSSR count). The van der Waals surface area contributed by atoms with Crippen LogP contribution in [0.1, 0.15) is 56.0 Å². The van der Waals surface area contributed by atoms with Crippen LogP contribution < -0.4 is 5.32 Å². The molecule has 25 heavy (non-hydrogen) atoms. The SMILES string of the molecule is Cc1n[nH]c(=S)n1CCNC(=O)CC1CCC(C)(C)c2ccccc21. The highest BCUT2D eigenvalue weighted by Gasteiger charge is 2.32. The molecule has 0 fully saturated rings. The monoisotopic (exact) mass is 358 g/mol. The zero-order valence-electron chi connectivity index (χ0n) is 15.1. The zero-order chi connectivity index (χ0) is 18.0. The fraction of sp³-hybridized carbons (Fsp3) is 0.526. The van der Waals surface area contributed by atoms with Gasteiger partial charge in [0.1, 0.15) is 5.82 Å². The summed E-state index contributed by atoms with van der Waals surface area (Å²) in [4.78, 5) is 12.4. The number of nitrogens with zero attached hydrogens (tertiary/aromatic N) is 2. The molecule has 1 aliphatic rings. The molecule has 134 valence electrons. The van der Waals surface area contributed by atoms with E-state index in [0.29, 0.717) is 30.2 Å². The lowest BCUT2D eigenvalue weighted by Crippen LogP contribution is -2.32. The Morgan fingerprint density at radius 3 is 2.92 bits per heavy atom. The van der Waals surface area contributed by atoms with Crippen molar-refractivity contribution >= 4 is 18.1 Å². The van der Waals surface area contributed by atoms with E-state index in [9.17, 15) is 4.79 Å². The fourth-order valence-corrected chi connectivity index (χ4v) is 4.04. The highest BCUT2D eigenvalue weighted by molar-refractivity contribution is 7.71. The van der Waals surface area contributed by atoms with E-state index in [1.807, 2.05) is 11.5 Å². The van der Waals surface area contributed by atoms with E-state index in [1.165, 1.54) is 11.1 Å². The van der Waals surface area contributed by atoms with Gasteiger partial charge in [-0.25, -0.2) is 0 Å². The van der Waals surface area contributed by atoms with Crippen LogP contribution in [0.2, 0.25) is 0 Å². The van der Waals surface area contributed by atoms with E-state index in [0.717, 1.165) is 18.7 Å². The molecule has 1 unspecified atom stereocenters. The number of aromatic amines is 1. The molecular weight excluding hydrogens is 332 g/mol. The van der Waals surface area contributed by atoms with Crippen molar-refractivity contribution in [3.05, 3.63) is 46.0 Å². The van der Waals surface area contributed by atoms with Gasteiger partial charge >= 0.3 is 0 Å². The average Bonchev–Trinajstić information content (AvgIpc) is 2.90. The Morgan fingerprint density at radius 2 is 2.20 bits per heavy atom. The number of carbonyl (C=O) groups excluding carboxylic acids is 1. The van der Waals surface area contributed by atoms with Crippen LogP contribution in [0.3, 0.4) is 0 Å². The summed E-state index contributed by atoms with van der Waals surface area (Å²) < 4.78 is 2.49. The Morgan fingerprint density at radius 1 is 1.44 bits per heavy atom. The van der Waals surface area contributed by atoms with Crippen molar-refractivity contribution in [2.75, 3.05) is 6.54 Å². The minimum atomic E-state index is 0.104. The normalized spacial score (nSPS) is 18.6. The first-order chi connectivity index (χ1) is 11.9. The van der Waals surface area contributed by atoms with Crippen LogP contribution in [-0.4, -0.2) is 27.2 Å². The van der Waals surface area contributed by atoms with Gasteiger partial charge in [-0.1, -0.05) is 38.1 Å². The van der Waals surface area contributed by atoms with Gasteiger partial charge in [0.15, 0.2) is 4.77 Å². The molecule has 2 aromatic rings. The molecular formula is C19H26N4OS. The number of rotatable bonds is 5. The molecule has 0 bridgehead atoms. The second kappa shape index (κ2) is 7.12. The quantitative estimate of drug-likeness (QED) is 0.803. The lowest BCUT2D eigenvalue weighted by molar-refractivity contribution is -0.121. The Labute approximate surface area is 153 Å². The number of carbonyl (C=O) groups is 1. The lowest BCUT2D eigenvalue weighted by atomic mass is 9.68. The highest BCUT2D eigenvalue weighted by atomic mass is 32.1. The third-order valence-corrected chi connectivity index (χ3v) is 5.60. The number of hydrogen-bond acceptors (Lipinski definition) is 3. The molecule has 1 aliphatic carbocycles. The van der Waals surface area contributed by atoms with Crippen molar-refractivity contribution in [2.24, 2.45) is 0 Å². The molecule has 1 aromatic carbocycles. The van der Waals surface area contributed by atoms with Gasteiger partial charge in [-0.05, 0) is 54.4 Å². The molecule has 0 spiro atoms. The van der Waals surface area contributed by atoms with Crippen LogP contribution in [0.25, 0.3) is 0 Å².